The summed E-state index contributed by atoms with van der Waals surface area (Å²) in [4.78, 5) is 0. The highest BCUT2D eigenvalue weighted by molar-refractivity contribution is 7.69. The van der Waals surface area contributed by atoms with Crippen LogP contribution < -0.4 is 0 Å². The van der Waals surface area contributed by atoms with Crippen molar-refractivity contribution in [3.05, 3.63) is 11.4 Å². The van der Waals surface area contributed by atoms with Crippen LogP contribution in [0.1, 0.15) is 40.5 Å². The molecule has 0 saturated heterocycles. The molecule has 82 valence electrons. The predicted molar refractivity (Wildman–Crippen MR) is 61.2 cm³/mol. The molecule has 0 aromatic heterocycles. The first-order chi connectivity index (χ1) is 6.39. The fraction of sp³-hybridized carbons (Fsp3) is 0.818. The van der Waals surface area contributed by atoms with Gasteiger partial charge in [-0.3, -0.25) is 0 Å². The molecule has 0 aliphatic heterocycles. The summed E-state index contributed by atoms with van der Waals surface area (Å²) >= 11 is 0. The minimum Gasteiger partial charge on any atom is -0.389 e. The third kappa shape index (κ3) is 1.97. The van der Waals surface area contributed by atoms with Gasteiger partial charge in [0.1, 0.15) is 7.14 Å². The second kappa shape index (κ2) is 4.20. The third-order valence-electron chi connectivity index (χ3n) is 3.06. The molecular formula is C11H21O2P. The maximum Gasteiger partial charge on any atom is 0.116 e. The van der Waals surface area contributed by atoms with Crippen LogP contribution in [0.25, 0.3) is 0 Å². The highest BCUT2D eigenvalue weighted by atomic mass is 31.2. The van der Waals surface area contributed by atoms with E-state index in [1.165, 1.54) is 0 Å². The lowest BCUT2D eigenvalue weighted by molar-refractivity contribution is 0.223. The van der Waals surface area contributed by atoms with Crippen LogP contribution in [0.4, 0.5) is 0 Å². The Kier molecular flexibility index (Phi) is 3.60. The molecule has 1 rings (SSSR count). The highest BCUT2D eigenvalue weighted by Gasteiger charge is 2.36. The van der Waals surface area contributed by atoms with Crippen molar-refractivity contribution in [1.29, 1.82) is 0 Å². The average Bonchev–Trinajstić information content (AvgIpc) is 2.49. The maximum atomic E-state index is 12.8. The minimum absolute atomic E-state index is 0.194. The zero-order valence-electron chi connectivity index (χ0n) is 9.53. The molecule has 14 heavy (non-hydrogen) atoms. The number of aliphatic hydroxyl groups excluding tert-OH is 1. The quantitative estimate of drug-likeness (QED) is 0.735. The second-order valence-corrected chi connectivity index (χ2v) is 8.72. The summed E-state index contributed by atoms with van der Waals surface area (Å²) in [7, 11) is -2.25. The number of hydrogen-bond donors (Lipinski definition) is 1. The monoisotopic (exact) mass is 216 g/mol. The fourth-order valence-electron chi connectivity index (χ4n) is 2.24. The summed E-state index contributed by atoms with van der Waals surface area (Å²) in [5, 5.41) is 10.5. The summed E-state index contributed by atoms with van der Waals surface area (Å²) < 4.78 is 12.8. The van der Waals surface area contributed by atoms with Crippen molar-refractivity contribution in [2.24, 2.45) is 0 Å². The van der Waals surface area contributed by atoms with Crippen LogP contribution in [0.15, 0.2) is 11.4 Å². The van der Waals surface area contributed by atoms with Gasteiger partial charge >= 0.3 is 0 Å². The SMILES string of the molecule is CC(C)P(=O)(C1=CC(O)CC1)C(C)C. The summed E-state index contributed by atoms with van der Waals surface area (Å²) in [6, 6.07) is 0. The second-order valence-electron chi connectivity index (χ2n) is 4.66. The van der Waals surface area contributed by atoms with E-state index in [0.29, 0.717) is 0 Å². The van der Waals surface area contributed by atoms with Gasteiger partial charge in [-0.2, -0.15) is 0 Å². The van der Waals surface area contributed by atoms with E-state index in [0.717, 1.165) is 18.2 Å². The topological polar surface area (TPSA) is 37.3 Å². The Bertz CT molecular complexity index is 267. The Morgan fingerprint density at radius 1 is 1.36 bits per heavy atom. The molecule has 0 fully saturated rings. The van der Waals surface area contributed by atoms with Crippen LogP contribution in [0, 0.1) is 0 Å². The van der Waals surface area contributed by atoms with Crippen molar-refractivity contribution in [3.8, 4) is 0 Å². The molecule has 1 atom stereocenters. The third-order valence-corrected chi connectivity index (χ3v) is 7.40. The molecule has 2 nitrogen and oxygen atoms in total. The molecule has 0 bridgehead atoms. The van der Waals surface area contributed by atoms with E-state index in [-0.39, 0.29) is 17.4 Å². The van der Waals surface area contributed by atoms with Crippen molar-refractivity contribution < 1.29 is 9.67 Å². The van der Waals surface area contributed by atoms with Gasteiger partial charge in [0.05, 0.1) is 6.10 Å². The van der Waals surface area contributed by atoms with Crippen LogP contribution in [0.5, 0.6) is 0 Å². The van der Waals surface area contributed by atoms with Gasteiger partial charge in [-0.15, -0.1) is 0 Å². The van der Waals surface area contributed by atoms with Crippen LogP contribution in [-0.2, 0) is 4.57 Å². The van der Waals surface area contributed by atoms with E-state index in [1.807, 2.05) is 33.8 Å². The molecule has 1 aliphatic carbocycles. The average molecular weight is 216 g/mol. The zero-order chi connectivity index (χ0) is 10.9. The lowest BCUT2D eigenvalue weighted by atomic mass is 10.3. The van der Waals surface area contributed by atoms with Crippen molar-refractivity contribution in [2.45, 2.75) is 58.0 Å². The van der Waals surface area contributed by atoms with E-state index in [2.05, 4.69) is 0 Å². The molecule has 3 heteroatoms. The van der Waals surface area contributed by atoms with Crippen molar-refractivity contribution in [2.75, 3.05) is 0 Å². The molecule has 0 saturated carbocycles. The van der Waals surface area contributed by atoms with Gasteiger partial charge in [0.15, 0.2) is 0 Å². The molecule has 1 N–H and O–H groups in total. The van der Waals surface area contributed by atoms with Gasteiger partial charge < -0.3 is 9.67 Å². The van der Waals surface area contributed by atoms with Crippen molar-refractivity contribution in [1.82, 2.24) is 0 Å². The lowest BCUT2D eigenvalue weighted by Gasteiger charge is -2.27. The predicted octanol–water partition coefficient (Wildman–Crippen LogP) is 3.20. The number of aliphatic hydroxyl groups is 1. The van der Waals surface area contributed by atoms with E-state index in [1.54, 1.807) is 0 Å². The minimum atomic E-state index is -2.25. The van der Waals surface area contributed by atoms with E-state index < -0.39 is 7.14 Å². The van der Waals surface area contributed by atoms with Gasteiger partial charge in [0.25, 0.3) is 0 Å². The van der Waals surface area contributed by atoms with Crippen molar-refractivity contribution in [3.63, 3.8) is 0 Å². The summed E-state index contributed by atoms with van der Waals surface area (Å²) in [6.45, 7) is 8.08. The molecule has 0 amide bonds. The highest BCUT2D eigenvalue weighted by Crippen LogP contribution is 2.64. The largest absolute Gasteiger partial charge is 0.389 e. The van der Waals surface area contributed by atoms with Gasteiger partial charge in [-0.05, 0) is 24.2 Å². The van der Waals surface area contributed by atoms with Crippen LogP contribution in [0.3, 0.4) is 0 Å². The lowest BCUT2D eigenvalue weighted by Crippen LogP contribution is -2.09. The number of allylic oxidation sites excluding steroid dienone is 1. The molecule has 0 aromatic rings. The molecular weight excluding hydrogens is 195 g/mol. The van der Waals surface area contributed by atoms with E-state index >= 15 is 0 Å². The molecule has 0 heterocycles. The first kappa shape index (κ1) is 12.0. The van der Waals surface area contributed by atoms with Crippen LogP contribution in [-0.4, -0.2) is 22.5 Å². The van der Waals surface area contributed by atoms with E-state index in [9.17, 15) is 9.67 Å². The molecule has 0 aromatic carbocycles. The molecule has 0 spiro atoms. The van der Waals surface area contributed by atoms with Gasteiger partial charge in [0.2, 0.25) is 0 Å². The molecule has 0 radical (unpaired) electrons. The van der Waals surface area contributed by atoms with E-state index in [4.69, 9.17) is 0 Å². The Morgan fingerprint density at radius 2 is 1.86 bits per heavy atom. The fourth-order valence-corrected chi connectivity index (χ4v) is 5.64. The summed E-state index contributed by atoms with van der Waals surface area (Å²) in [5.74, 6) is 0. The first-order valence-electron chi connectivity index (χ1n) is 5.37. The Labute approximate surface area is 86.8 Å². The van der Waals surface area contributed by atoms with Gasteiger partial charge in [-0.25, -0.2) is 0 Å². The van der Waals surface area contributed by atoms with Gasteiger partial charge in [0, 0.05) is 11.3 Å². The molecule has 1 aliphatic rings. The smallest absolute Gasteiger partial charge is 0.116 e. The van der Waals surface area contributed by atoms with Crippen LogP contribution in [0.2, 0.25) is 0 Å². The zero-order valence-corrected chi connectivity index (χ0v) is 10.4. The normalized spacial score (nSPS) is 23.4. The number of hydrogen-bond acceptors (Lipinski definition) is 2. The van der Waals surface area contributed by atoms with Crippen LogP contribution >= 0.6 is 7.14 Å². The summed E-state index contributed by atoms with van der Waals surface area (Å²) in [6.07, 6.45) is 3.02. The Balaban J connectivity index is 3.01. The number of rotatable bonds is 3. The first-order valence-corrected chi connectivity index (χ1v) is 7.22. The Morgan fingerprint density at radius 3 is 2.14 bits per heavy atom. The van der Waals surface area contributed by atoms with Gasteiger partial charge in [-0.1, -0.05) is 27.7 Å². The summed E-state index contributed by atoms with van der Waals surface area (Å²) in [5.41, 5.74) is 0.387. The van der Waals surface area contributed by atoms with Crippen molar-refractivity contribution >= 4 is 7.14 Å². The standard InChI is InChI=1S/C11H21O2P/c1-8(2)14(13,9(3)4)11-6-5-10(12)7-11/h7-10,12H,5-6H2,1-4H3. The Hall–Kier alpha value is -0.0700. The maximum absolute atomic E-state index is 12.8. The molecule has 1 unspecified atom stereocenters.